The predicted octanol–water partition coefficient (Wildman–Crippen LogP) is 0.905. The Labute approximate surface area is 81.2 Å². The van der Waals surface area contributed by atoms with Crippen LogP contribution in [-0.4, -0.2) is 26.9 Å². The van der Waals surface area contributed by atoms with E-state index in [9.17, 15) is 9.90 Å². The molecule has 0 atom stereocenters. The number of hydrogen-bond acceptors (Lipinski definition) is 3. The lowest BCUT2D eigenvalue weighted by atomic mass is 10.2. The van der Waals surface area contributed by atoms with Crippen LogP contribution in [0.3, 0.4) is 0 Å². The van der Waals surface area contributed by atoms with Crippen LogP contribution in [0.5, 0.6) is 5.75 Å². The number of aromatic hydroxyl groups is 1. The molecule has 1 aromatic heterocycles. The Morgan fingerprint density at radius 1 is 1.50 bits per heavy atom. The van der Waals surface area contributed by atoms with Crippen LogP contribution in [0.2, 0.25) is 0 Å². The predicted molar refractivity (Wildman–Crippen MR) is 48.8 cm³/mol. The van der Waals surface area contributed by atoms with Crippen molar-refractivity contribution >= 4 is 5.91 Å². The molecule has 72 valence electrons. The van der Waals surface area contributed by atoms with Crippen LogP contribution in [-0.2, 0) is 6.54 Å². The number of carbonyl (C=O) groups excluding carboxylic acids is 1. The Hall–Kier alpha value is -1.58. The van der Waals surface area contributed by atoms with Gasteiger partial charge in [0.05, 0.1) is 6.20 Å². The fourth-order valence-corrected chi connectivity index (χ4v) is 1.88. The maximum Gasteiger partial charge on any atom is 0.273 e. The molecule has 0 spiro atoms. The molecule has 1 saturated carbocycles. The van der Waals surface area contributed by atoms with Gasteiger partial charge in [-0.3, -0.25) is 4.79 Å². The first-order chi connectivity index (χ1) is 6.75. The number of carbonyl (C=O) groups is 1. The van der Waals surface area contributed by atoms with Crippen LogP contribution >= 0.6 is 0 Å². The van der Waals surface area contributed by atoms with Crippen molar-refractivity contribution in [1.29, 1.82) is 0 Å². The quantitative estimate of drug-likeness (QED) is 0.716. The molecule has 14 heavy (non-hydrogen) atoms. The molecular weight excluding hydrogens is 180 g/mol. The fourth-order valence-electron chi connectivity index (χ4n) is 1.88. The van der Waals surface area contributed by atoms with Crippen molar-refractivity contribution in [2.24, 2.45) is 0 Å². The summed E-state index contributed by atoms with van der Waals surface area (Å²) in [5.74, 6) is 0.150. The van der Waals surface area contributed by atoms with Gasteiger partial charge >= 0.3 is 0 Å². The maximum atomic E-state index is 11.8. The molecule has 1 aliphatic carbocycles. The van der Waals surface area contributed by atoms with E-state index in [0.29, 0.717) is 18.3 Å². The van der Waals surface area contributed by atoms with Crippen molar-refractivity contribution in [3.05, 3.63) is 23.5 Å². The van der Waals surface area contributed by atoms with Crippen molar-refractivity contribution in [2.75, 3.05) is 0 Å². The van der Waals surface area contributed by atoms with E-state index in [-0.39, 0.29) is 11.7 Å². The van der Waals surface area contributed by atoms with Gasteiger partial charge < -0.3 is 10.0 Å². The summed E-state index contributed by atoms with van der Waals surface area (Å²) < 4.78 is 0. The zero-order valence-corrected chi connectivity index (χ0v) is 7.60. The Morgan fingerprint density at radius 2 is 2.29 bits per heavy atom. The number of fused-ring (bicyclic) bond motifs is 1. The van der Waals surface area contributed by atoms with Gasteiger partial charge in [-0.15, -0.1) is 0 Å². The maximum absolute atomic E-state index is 11.8. The van der Waals surface area contributed by atoms with E-state index in [2.05, 4.69) is 4.98 Å². The number of nitrogens with zero attached hydrogens (tertiary/aromatic N) is 2. The topological polar surface area (TPSA) is 53.4 Å². The van der Waals surface area contributed by atoms with Gasteiger partial charge in [0.1, 0.15) is 11.4 Å². The molecule has 1 amide bonds. The zero-order chi connectivity index (χ0) is 9.71. The third kappa shape index (κ3) is 0.999. The number of pyridine rings is 1. The van der Waals surface area contributed by atoms with E-state index in [1.165, 1.54) is 6.20 Å². The summed E-state index contributed by atoms with van der Waals surface area (Å²) in [6.07, 6.45) is 3.53. The molecule has 1 aliphatic heterocycles. The summed E-state index contributed by atoms with van der Waals surface area (Å²) in [6, 6.07) is 2.04. The van der Waals surface area contributed by atoms with E-state index in [0.717, 1.165) is 18.4 Å². The van der Waals surface area contributed by atoms with Gasteiger partial charge in [0.25, 0.3) is 5.91 Å². The van der Waals surface area contributed by atoms with Crippen molar-refractivity contribution in [1.82, 2.24) is 9.88 Å². The third-order valence-electron chi connectivity index (χ3n) is 2.74. The molecule has 2 aliphatic rings. The van der Waals surface area contributed by atoms with Crippen LogP contribution in [0.1, 0.15) is 28.9 Å². The summed E-state index contributed by atoms with van der Waals surface area (Å²) in [5, 5.41) is 9.23. The van der Waals surface area contributed by atoms with Crippen LogP contribution in [0.15, 0.2) is 12.3 Å². The molecule has 0 bridgehead atoms. The highest BCUT2D eigenvalue weighted by Gasteiger charge is 2.39. The summed E-state index contributed by atoms with van der Waals surface area (Å²) in [7, 11) is 0. The van der Waals surface area contributed by atoms with Gasteiger partial charge in [-0.2, -0.15) is 0 Å². The lowest BCUT2D eigenvalue weighted by molar-refractivity contribution is 0.0762. The summed E-state index contributed by atoms with van der Waals surface area (Å²) in [4.78, 5) is 17.6. The second kappa shape index (κ2) is 2.47. The molecule has 3 rings (SSSR count). The normalized spacial score (nSPS) is 20.0. The Kier molecular flexibility index (Phi) is 1.37. The first-order valence-electron chi connectivity index (χ1n) is 4.74. The molecule has 0 unspecified atom stereocenters. The molecule has 1 aromatic rings. The van der Waals surface area contributed by atoms with Gasteiger partial charge in [-0.05, 0) is 18.9 Å². The highest BCUT2D eigenvalue weighted by atomic mass is 16.3. The van der Waals surface area contributed by atoms with Gasteiger partial charge in [0, 0.05) is 18.2 Å². The first-order valence-corrected chi connectivity index (χ1v) is 4.74. The lowest BCUT2D eigenvalue weighted by Crippen LogP contribution is -2.26. The zero-order valence-electron chi connectivity index (χ0n) is 7.60. The molecule has 4 nitrogen and oxygen atoms in total. The van der Waals surface area contributed by atoms with E-state index in [1.54, 1.807) is 6.07 Å². The minimum atomic E-state index is 0.0162. The number of rotatable bonds is 1. The highest BCUT2D eigenvalue weighted by molar-refractivity contribution is 5.96. The average Bonchev–Trinajstić information content (AvgIpc) is 2.93. The molecule has 0 radical (unpaired) electrons. The van der Waals surface area contributed by atoms with Crippen molar-refractivity contribution < 1.29 is 9.90 Å². The molecule has 0 aromatic carbocycles. The molecule has 2 heterocycles. The van der Waals surface area contributed by atoms with Crippen molar-refractivity contribution in [2.45, 2.75) is 25.4 Å². The van der Waals surface area contributed by atoms with Crippen LogP contribution in [0.4, 0.5) is 0 Å². The van der Waals surface area contributed by atoms with Crippen LogP contribution < -0.4 is 0 Å². The molecule has 1 fully saturated rings. The fraction of sp³-hybridized carbons (Fsp3) is 0.400. The minimum absolute atomic E-state index is 0.0162. The van der Waals surface area contributed by atoms with Gasteiger partial charge in [-0.25, -0.2) is 4.98 Å². The monoisotopic (exact) mass is 190 g/mol. The standard InChI is InChI=1S/C10H10N2O2/c13-8-3-6-5-12(7-1-2-7)10(14)9(6)11-4-8/h3-4,7,13H,1-2,5H2. The van der Waals surface area contributed by atoms with Crippen molar-refractivity contribution in [3.8, 4) is 5.75 Å². The summed E-state index contributed by atoms with van der Waals surface area (Å²) in [6.45, 7) is 0.611. The smallest absolute Gasteiger partial charge is 0.273 e. The number of hydrogen-bond donors (Lipinski definition) is 1. The third-order valence-corrected chi connectivity index (χ3v) is 2.74. The summed E-state index contributed by atoms with van der Waals surface area (Å²) >= 11 is 0. The largest absolute Gasteiger partial charge is 0.506 e. The molecule has 4 heteroatoms. The van der Waals surface area contributed by atoms with E-state index < -0.39 is 0 Å². The molecule has 0 saturated heterocycles. The van der Waals surface area contributed by atoms with E-state index in [4.69, 9.17) is 0 Å². The van der Waals surface area contributed by atoms with Gasteiger partial charge in [0.2, 0.25) is 0 Å². The van der Waals surface area contributed by atoms with Gasteiger partial charge in [-0.1, -0.05) is 0 Å². The second-order valence-electron chi connectivity index (χ2n) is 3.87. The number of aromatic nitrogens is 1. The molecular formula is C10H10N2O2. The lowest BCUT2D eigenvalue weighted by Gasteiger charge is -2.12. The van der Waals surface area contributed by atoms with Crippen LogP contribution in [0.25, 0.3) is 0 Å². The van der Waals surface area contributed by atoms with E-state index >= 15 is 0 Å². The molecule has 1 N–H and O–H groups in total. The van der Waals surface area contributed by atoms with Crippen molar-refractivity contribution in [3.63, 3.8) is 0 Å². The second-order valence-corrected chi connectivity index (χ2v) is 3.87. The van der Waals surface area contributed by atoms with Crippen LogP contribution in [0, 0.1) is 0 Å². The van der Waals surface area contributed by atoms with E-state index in [1.807, 2.05) is 4.90 Å². The Balaban J connectivity index is 2.01. The number of amides is 1. The average molecular weight is 190 g/mol. The van der Waals surface area contributed by atoms with Gasteiger partial charge in [0.15, 0.2) is 0 Å². The Morgan fingerprint density at radius 3 is 3.00 bits per heavy atom. The SMILES string of the molecule is O=C1c2ncc(O)cc2CN1C1CC1. The summed E-state index contributed by atoms with van der Waals surface area (Å²) in [5.41, 5.74) is 1.36. The first kappa shape index (κ1) is 7.79. The minimum Gasteiger partial charge on any atom is -0.506 e. The highest BCUT2D eigenvalue weighted by Crippen LogP contribution is 2.34. The Bertz CT molecular complexity index is 413.